The maximum Gasteiger partial charge on any atom is 0.158 e. The fraction of sp³-hybridized carbons (Fsp3) is 0.409. The number of aryl methyl sites for hydroxylation is 1. The second-order valence-corrected chi connectivity index (χ2v) is 7.82. The van der Waals surface area contributed by atoms with Crippen LogP contribution in [0, 0.1) is 17.2 Å². The molecular formula is C22H26N2OS. The smallest absolute Gasteiger partial charge is 0.158 e. The zero-order valence-corrected chi connectivity index (χ0v) is 17.0. The van der Waals surface area contributed by atoms with Gasteiger partial charge in [-0.2, -0.15) is 5.26 Å². The second-order valence-electron chi connectivity index (χ2n) is 6.78. The lowest BCUT2D eigenvalue weighted by molar-refractivity contribution is -0.114. The number of rotatable bonds is 5. The van der Waals surface area contributed by atoms with Gasteiger partial charge in [0.05, 0.1) is 11.1 Å². The van der Waals surface area contributed by atoms with Gasteiger partial charge >= 0.3 is 0 Å². The zero-order chi connectivity index (χ0) is 19.3. The summed E-state index contributed by atoms with van der Waals surface area (Å²) in [6, 6.07) is 10.7. The summed E-state index contributed by atoms with van der Waals surface area (Å²) in [6.45, 7) is 9.67. The predicted octanol–water partition coefficient (Wildman–Crippen LogP) is 5.45. The van der Waals surface area contributed by atoms with Crippen LogP contribution in [0.3, 0.4) is 0 Å². The summed E-state index contributed by atoms with van der Waals surface area (Å²) >= 11 is 1.59. The van der Waals surface area contributed by atoms with E-state index in [-0.39, 0.29) is 11.7 Å². The highest BCUT2D eigenvalue weighted by molar-refractivity contribution is 8.14. The minimum absolute atomic E-state index is 0.00980. The van der Waals surface area contributed by atoms with Gasteiger partial charge in [0.15, 0.2) is 5.78 Å². The Morgan fingerprint density at radius 1 is 1.27 bits per heavy atom. The van der Waals surface area contributed by atoms with Crippen LogP contribution in [-0.4, -0.2) is 16.6 Å². The summed E-state index contributed by atoms with van der Waals surface area (Å²) in [4.78, 5) is 17.0. The summed E-state index contributed by atoms with van der Waals surface area (Å²) in [5.41, 5.74) is 4.88. The molecule has 0 aromatic heterocycles. The number of thioether (sulfide) groups is 1. The molecule has 1 heterocycles. The highest BCUT2D eigenvalue weighted by Gasteiger charge is 2.37. The molecule has 1 aromatic carbocycles. The molecule has 1 aromatic rings. The van der Waals surface area contributed by atoms with E-state index < -0.39 is 5.92 Å². The van der Waals surface area contributed by atoms with Gasteiger partial charge in [0.25, 0.3) is 0 Å². The first kappa shape index (κ1) is 20.2. The highest BCUT2D eigenvalue weighted by Crippen LogP contribution is 2.41. The number of carbonyl (C=O) groups excluding carboxylic acids is 1. The van der Waals surface area contributed by atoms with Gasteiger partial charge in [-0.05, 0) is 45.2 Å². The lowest BCUT2D eigenvalue weighted by atomic mass is 9.77. The molecule has 0 bridgehead atoms. The van der Waals surface area contributed by atoms with E-state index in [0.717, 1.165) is 28.5 Å². The summed E-state index contributed by atoms with van der Waals surface area (Å²) in [5.74, 6) is 0.0870. The van der Waals surface area contributed by atoms with Crippen molar-refractivity contribution in [2.45, 2.75) is 47.0 Å². The summed E-state index contributed by atoms with van der Waals surface area (Å²) in [7, 11) is 0. The predicted molar refractivity (Wildman–Crippen MR) is 110 cm³/mol. The number of hydrogen-bond acceptors (Lipinski definition) is 4. The molecule has 0 saturated carbocycles. The molecule has 0 saturated heterocycles. The van der Waals surface area contributed by atoms with Crippen LogP contribution in [0.25, 0.3) is 0 Å². The lowest BCUT2D eigenvalue weighted by Gasteiger charge is -2.29. The van der Waals surface area contributed by atoms with Crippen LogP contribution in [0.4, 0.5) is 0 Å². The number of Topliss-reactive ketones (excluding diaryl/α,β-unsaturated/α-hetero) is 1. The van der Waals surface area contributed by atoms with Gasteiger partial charge in [-0.15, -0.1) is 11.8 Å². The molecule has 3 nitrogen and oxygen atoms in total. The number of nitriles is 1. The molecule has 2 rings (SSSR count). The van der Waals surface area contributed by atoms with E-state index in [4.69, 9.17) is 0 Å². The van der Waals surface area contributed by atoms with E-state index in [1.807, 2.05) is 19.1 Å². The molecule has 2 atom stereocenters. The Morgan fingerprint density at radius 3 is 2.42 bits per heavy atom. The number of carbonyl (C=O) groups is 1. The van der Waals surface area contributed by atoms with Crippen LogP contribution >= 0.6 is 11.8 Å². The number of ketones is 1. The molecule has 0 N–H and O–H groups in total. The van der Waals surface area contributed by atoms with Crippen molar-refractivity contribution in [1.82, 2.24) is 0 Å². The Kier molecular flexibility index (Phi) is 6.99. The second kappa shape index (κ2) is 9.00. The number of aliphatic imine (C=N–C) groups is 1. The van der Waals surface area contributed by atoms with Gasteiger partial charge in [0.2, 0.25) is 0 Å². The summed E-state index contributed by atoms with van der Waals surface area (Å²) in [6.07, 6.45) is 3.10. The maximum atomic E-state index is 12.3. The summed E-state index contributed by atoms with van der Waals surface area (Å²) in [5, 5.41) is 10.7. The number of hydrogen-bond donors (Lipinski definition) is 0. The van der Waals surface area contributed by atoms with Crippen LogP contribution in [0.15, 0.2) is 52.2 Å². The van der Waals surface area contributed by atoms with E-state index in [1.54, 1.807) is 18.7 Å². The van der Waals surface area contributed by atoms with Crippen molar-refractivity contribution in [3.05, 3.63) is 58.3 Å². The molecule has 0 spiro atoms. The molecule has 0 aliphatic carbocycles. The third-order valence-electron chi connectivity index (χ3n) is 4.57. The quantitative estimate of drug-likeness (QED) is 0.651. The van der Waals surface area contributed by atoms with Crippen LogP contribution in [0.2, 0.25) is 0 Å². The van der Waals surface area contributed by atoms with Gasteiger partial charge in [-0.1, -0.05) is 42.8 Å². The molecule has 0 radical (unpaired) electrons. The third kappa shape index (κ3) is 4.53. The van der Waals surface area contributed by atoms with E-state index >= 15 is 0 Å². The van der Waals surface area contributed by atoms with Crippen molar-refractivity contribution in [2.75, 3.05) is 5.75 Å². The normalized spacial score (nSPS) is 19.6. The van der Waals surface area contributed by atoms with Gasteiger partial charge in [0.1, 0.15) is 5.92 Å². The van der Waals surface area contributed by atoms with Crippen molar-refractivity contribution in [1.29, 1.82) is 5.26 Å². The van der Waals surface area contributed by atoms with Crippen molar-refractivity contribution < 1.29 is 4.79 Å². The molecule has 1 aliphatic heterocycles. The molecule has 0 amide bonds. The van der Waals surface area contributed by atoms with Gasteiger partial charge < -0.3 is 0 Å². The first-order valence-electron chi connectivity index (χ1n) is 8.93. The third-order valence-corrected chi connectivity index (χ3v) is 5.54. The van der Waals surface area contributed by atoms with E-state index in [9.17, 15) is 10.1 Å². The lowest BCUT2D eigenvalue weighted by Crippen LogP contribution is -2.28. The molecule has 136 valence electrons. The first-order chi connectivity index (χ1) is 12.4. The fourth-order valence-corrected chi connectivity index (χ4v) is 4.33. The van der Waals surface area contributed by atoms with Crippen LogP contribution < -0.4 is 0 Å². The minimum atomic E-state index is -0.430. The summed E-state index contributed by atoms with van der Waals surface area (Å²) < 4.78 is 0. The number of nitrogens with zero attached hydrogens (tertiary/aromatic N) is 2. The number of benzene rings is 1. The highest BCUT2D eigenvalue weighted by atomic mass is 32.2. The SMILES string of the molecule is CCc1ccc([C@@H]2C(C(C)=O)=C(C)N=C(SCC=C(C)C)C2C#N)cc1. The average molecular weight is 367 g/mol. The van der Waals surface area contributed by atoms with E-state index in [0.29, 0.717) is 5.57 Å². The molecule has 0 fully saturated rings. The Labute approximate surface area is 160 Å². The largest absolute Gasteiger partial charge is 0.295 e. The molecule has 1 aliphatic rings. The standard InChI is InChI=1S/C22H26N2OS/c1-6-17-7-9-18(10-8-17)21-19(13-23)22(26-12-11-14(2)3)24-15(4)20(21)16(5)25/h7-11,19,21H,6,12H2,1-5H3/t19?,21-/m0/s1. The zero-order valence-electron chi connectivity index (χ0n) is 16.2. The van der Waals surface area contributed by atoms with Gasteiger partial charge in [-0.25, -0.2) is 4.99 Å². The Hall–Kier alpha value is -2.12. The first-order valence-corrected chi connectivity index (χ1v) is 9.92. The van der Waals surface area contributed by atoms with Gasteiger partial charge in [-0.3, -0.25) is 4.79 Å². The molecular weight excluding hydrogens is 340 g/mol. The van der Waals surface area contributed by atoms with Crippen molar-refractivity contribution in [2.24, 2.45) is 10.9 Å². The molecule has 1 unspecified atom stereocenters. The van der Waals surface area contributed by atoms with Crippen LogP contribution in [0.5, 0.6) is 0 Å². The van der Waals surface area contributed by atoms with E-state index in [1.165, 1.54) is 11.1 Å². The van der Waals surface area contributed by atoms with Crippen molar-refractivity contribution in [3.63, 3.8) is 0 Å². The van der Waals surface area contributed by atoms with Crippen LogP contribution in [-0.2, 0) is 11.2 Å². The average Bonchev–Trinajstić information content (AvgIpc) is 2.60. The topological polar surface area (TPSA) is 53.2 Å². The minimum Gasteiger partial charge on any atom is -0.295 e. The molecule has 4 heteroatoms. The monoisotopic (exact) mass is 366 g/mol. The Bertz CT molecular complexity index is 806. The van der Waals surface area contributed by atoms with Crippen molar-refractivity contribution >= 4 is 22.6 Å². The Balaban J connectivity index is 2.48. The van der Waals surface area contributed by atoms with Gasteiger partial charge in [0, 0.05) is 22.9 Å². The van der Waals surface area contributed by atoms with E-state index in [2.05, 4.69) is 50.0 Å². The fourth-order valence-electron chi connectivity index (χ4n) is 3.17. The maximum absolute atomic E-state index is 12.3. The Morgan fingerprint density at radius 2 is 1.92 bits per heavy atom. The van der Waals surface area contributed by atoms with Crippen LogP contribution in [0.1, 0.15) is 51.7 Å². The number of allylic oxidation sites excluding steroid dienone is 3. The molecule has 26 heavy (non-hydrogen) atoms. The van der Waals surface area contributed by atoms with Crippen molar-refractivity contribution in [3.8, 4) is 6.07 Å².